The first-order valence-electron chi connectivity index (χ1n) is 5.11. The van der Waals surface area contributed by atoms with Crippen LogP contribution in [0, 0.1) is 0 Å². The van der Waals surface area contributed by atoms with Gasteiger partial charge in [-0.15, -0.1) is 0 Å². The highest BCUT2D eigenvalue weighted by Crippen LogP contribution is 2.07. The van der Waals surface area contributed by atoms with Crippen LogP contribution in [0.5, 0.6) is 0 Å². The molecule has 4 heteroatoms. The van der Waals surface area contributed by atoms with E-state index in [-0.39, 0.29) is 0 Å². The summed E-state index contributed by atoms with van der Waals surface area (Å²) in [6.45, 7) is 0.607. The predicted octanol–water partition coefficient (Wildman–Crippen LogP) is 1.87. The molecule has 0 aliphatic rings. The molecule has 3 rings (SSSR count). The summed E-state index contributed by atoms with van der Waals surface area (Å²) in [5.74, 6) is 0. The van der Waals surface area contributed by atoms with E-state index in [1.807, 2.05) is 42.5 Å². The second kappa shape index (κ2) is 3.73. The third-order valence-electron chi connectivity index (χ3n) is 2.36. The molecule has 0 N–H and O–H groups in total. The SMILES string of the molecule is c1ccc(Cn2nc3ccccc3n2)nc1. The summed E-state index contributed by atoms with van der Waals surface area (Å²) in [6, 6.07) is 13.7. The van der Waals surface area contributed by atoms with E-state index in [0.717, 1.165) is 16.7 Å². The van der Waals surface area contributed by atoms with E-state index in [1.54, 1.807) is 11.0 Å². The summed E-state index contributed by atoms with van der Waals surface area (Å²) < 4.78 is 0. The lowest BCUT2D eigenvalue weighted by atomic mass is 10.3. The first-order chi connectivity index (χ1) is 7.92. The molecule has 0 bridgehead atoms. The molecule has 0 spiro atoms. The zero-order chi connectivity index (χ0) is 10.8. The van der Waals surface area contributed by atoms with Gasteiger partial charge in [-0.05, 0) is 24.3 Å². The van der Waals surface area contributed by atoms with Crippen molar-refractivity contribution in [3.05, 3.63) is 54.4 Å². The van der Waals surface area contributed by atoms with Crippen LogP contribution in [0.15, 0.2) is 48.7 Å². The second-order valence-electron chi connectivity index (χ2n) is 3.54. The van der Waals surface area contributed by atoms with Crippen molar-refractivity contribution in [2.24, 2.45) is 0 Å². The molecule has 0 fully saturated rings. The van der Waals surface area contributed by atoms with Gasteiger partial charge in [0, 0.05) is 6.20 Å². The van der Waals surface area contributed by atoms with Crippen LogP contribution in [0.25, 0.3) is 11.0 Å². The Morgan fingerprint density at radius 3 is 2.19 bits per heavy atom. The van der Waals surface area contributed by atoms with Crippen LogP contribution in [-0.2, 0) is 6.54 Å². The fourth-order valence-electron chi connectivity index (χ4n) is 1.61. The molecule has 78 valence electrons. The first-order valence-corrected chi connectivity index (χ1v) is 5.11. The van der Waals surface area contributed by atoms with Crippen molar-refractivity contribution in [1.29, 1.82) is 0 Å². The van der Waals surface area contributed by atoms with Crippen LogP contribution in [0.1, 0.15) is 5.69 Å². The van der Waals surface area contributed by atoms with E-state index in [1.165, 1.54) is 0 Å². The molecule has 3 aromatic rings. The molecule has 0 atom stereocenters. The molecule has 0 saturated carbocycles. The zero-order valence-electron chi connectivity index (χ0n) is 8.61. The minimum Gasteiger partial charge on any atom is -0.259 e. The maximum Gasteiger partial charge on any atom is 0.113 e. The van der Waals surface area contributed by atoms with E-state index >= 15 is 0 Å². The van der Waals surface area contributed by atoms with E-state index in [4.69, 9.17) is 0 Å². The van der Waals surface area contributed by atoms with Crippen molar-refractivity contribution in [3.8, 4) is 0 Å². The predicted molar refractivity (Wildman–Crippen MR) is 60.9 cm³/mol. The summed E-state index contributed by atoms with van der Waals surface area (Å²) in [6.07, 6.45) is 1.78. The quantitative estimate of drug-likeness (QED) is 0.648. The van der Waals surface area contributed by atoms with Gasteiger partial charge in [0.15, 0.2) is 0 Å². The number of nitrogens with zero attached hydrogens (tertiary/aromatic N) is 4. The van der Waals surface area contributed by atoms with Gasteiger partial charge in [0.05, 0.1) is 5.69 Å². The Balaban J connectivity index is 1.95. The number of hydrogen-bond donors (Lipinski definition) is 0. The summed E-state index contributed by atoms with van der Waals surface area (Å²) in [4.78, 5) is 5.92. The summed E-state index contributed by atoms with van der Waals surface area (Å²) in [7, 11) is 0. The fraction of sp³-hybridized carbons (Fsp3) is 0.0833. The summed E-state index contributed by atoms with van der Waals surface area (Å²) >= 11 is 0. The lowest BCUT2D eigenvalue weighted by Crippen LogP contribution is -2.04. The Hall–Kier alpha value is -2.23. The van der Waals surface area contributed by atoms with Crippen LogP contribution >= 0.6 is 0 Å². The highest BCUT2D eigenvalue weighted by atomic mass is 15.5. The largest absolute Gasteiger partial charge is 0.259 e. The van der Waals surface area contributed by atoms with Crippen LogP contribution in [0.4, 0.5) is 0 Å². The Kier molecular flexibility index (Phi) is 2.11. The number of hydrogen-bond acceptors (Lipinski definition) is 3. The molecule has 1 aromatic carbocycles. The van der Waals surface area contributed by atoms with Gasteiger partial charge in [0.1, 0.15) is 17.6 Å². The van der Waals surface area contributed by atoms with E-state index in [2.05, 4.69) is 15.2 Å². The van der Waals surface area contributed by atoms with E-state index in [9.17, 15) is 0 Å². The van der Waals surface area contributed by atoms with Gasteiger partial charge in [-0.2, -0.15) is 15.0 Å². The molecular weight excluding hydrogens is 200 g/mol. The molecular formula is C12H10N4. The lowest BCUT2D eigenvalue weighted by Gasteiger charge is -1.97. The number of rotatable bonds is 2. The molecule has 2 aromatic heterocycles. The molecule has 0 amide bonds. The smallest absolute Gasteiger partial charge is 0.113 e. The molecule has 0 aliphatic carbocycles. The third-order valence-corrected chi connectivity index (χ3v) is 2.36. The maximum atomic E-state index is 4.37. The summed E-state index contributed by atoms with van der Waals surface area (Å²) in [5, 5.41) is 8.75. The van der Waals surface area contributed by atoms with E-state index in [0.29, 0.717) is 6.54 Å². The Labute approximate surface area is 92.6 Å². The highest BCUT2D eigenvalue weighted by Gasteiger charge is 2.02. The van der Waals surface area contributed by atoms with Gasteiger partial charge >= 0.3 is 0 Å². The van der Waals surface area contributed by atoms with Gasteiger partial charge in [-0.25, -0.2) is 0 Å². The monoisotopic (exact) mass is 210 g/mol. The highest BCUT2D eigenvalue weighted by molar-refractivity contribution is 5.72. The minimum absolute atomic E-state index is 0.607. The molecule has 16 heavy (non-hydrogen) atoms. The summed E-state index contributed by atoms with van der Waals surface area (Å²) in [5.41, 5.74) is 2.79. The first kappa shape index (κ1) is 9.03. The van der Waals surface area contributed by atoms with Gasteiger partial charge in [-0.1, -0.05) is 18.2 Å². The van der Waals surface area contributed by atoms with Crippen molar-refractivity contribution >= 4 is 11.0 Å². The van der Waals surface area contributed by atoms with E-state index < -0.39 is 0 Å². The number of aromatic nitrogens is 4. The maximum absolute atomic E-state index is 4.37. The Morgan fingerprint density at radius 2 is 1.56 bits per heavy atom. The van der Waals surface area contributed by atoms with Gasteiger partial charge in [0.2, 0.25) is 0 Å². The molecule has 0 saturated heterocycles. The van der Waals surface area contributed by atoms with Crippen molar-refractivity contribution in [2.75, 3.05) is 0 Å². The minimum atomic E-state index is 0.607. The number of benzene rings is 1. The second-order valence-corrected chi connectivity index (χ2v) is 3.54. The molecule has 0 aliphatic heterocycles. The normalized spacial score (nSPS) is 10.8. The van der Waals surface area contributed by atoms with Crippen LogP contribution in [0.2, 0.25) is 0 Å². The average Bonchev–Trinajstić information content (AvgIpc) is 2.72. The van der Waals surface area contributed by atoms with Crippen LogP contribution < -0.4 is 0 Å². The lowest BCUT2D eigenvalue weighted by molar-refractivity contribution is 0.591. The third kappa shape index (κ3) is 1.65. The Morgan fingerprint density at radius 1 is 0.875 bits per heavy atom. The van der Waals surface area contributed by atoms with Crippen LogP contribution in [-0.4, -0.2) is 20.0 Å². The van der Waals surface area contributed by atoms with Crippen molar-refractivity contribution in [1.82, 2.24) is 20.0 Å². The van der Waals surface area contributed by atoms with Gasteiger partial charge < -0.3 is 0 Å². The van der Waals surface area contributed by atoms with Crippen molar-refractivity contribution in [2.45, 2.75) is 6.54 Å². The van der Waals surface area contributed by atoms with Gasteiger partial charge in [-0.3, -0.25) is 4.98 Å². The molecule has 0 unspecified atom stereocenters. The zero-order valence-corrected chi connectivity index (χ0v) is 8.61. The molecule has 2 heterocycles. The number of fused-ring (bicyclic) bond motifs is 1. The number of pyridine rings is 1. The fourth-order valence-corrected chi connectivity index (χ4v) is 1.61. The van der Waals surface area contributed by atoms with Gasteiger partial charge in [0.25, 0.3) is 0 Å². The average molecular weight is 210 g/mol. The van der Waals surface area contributed by atoms with Crippen molar-refractivity contribution < 1.29 is 0 Å². The van der Waals surface area contributed by atoms with Crippen molar-refractivity contribution in [3.63, 3.8) is 0 Å². The Bertz CT molecular complexity index is 567. The molecule has 0 radical (unpaired) electrons. The molecule has 4 nitrogen and oxygen atoms in total. The van der Waals surface area contributed by atoms with Crippen LogP contribution in [0.3, 0.4) is 0 Å². The topological polar surface area (TPSA) is 43.6 Å². The standard InChI is InChI=1S/C12H10N4/c1-2-7-12-11(6-1)14-16(15-12)9-10-5-3-4-8-13-10/h1-8H,9H2.